The minimum atomic E-state index is -1.15. The van der Waals surface area contributed by atoms with Gasteiger partial charge >= 0.3 is 0 Å². The van der Waals surface area contributed by atoms with Crippen LogP contribution < -0.4 is 0 Å². The zero-order valence-electron chi connectivity index (χ0n) is 54.3. The van der Waals surface area contributed by atoms with Crippen LogP contribution in [0, 0.1) is 22.7 Å². The summed E-state index contributed by atoms with van der Waals surface area (Å²) < 4.78 is 79.5. The Bertz CT molecular complexity index is 4150. The number of fused-ring (bicyclic) bond motifs is 8. The fourth-order valence-corrected chi connectivity index (χ4v) is 13.9. The van der Waals surface area contributed by atoms with Crippen LogP contribution in [0.15, 0.2) is 87.0 Å². The highest BCUT2D eigenvalue weighted by Crippen LogP contribution is 2.49. The number of aliphatic hydroxyl groups is 2. The Morgan fingerprint density at radius 1 is 0.485 bits per heavy atom. The van der Waals surface area contributed by atoms with Crippen LogP contribution >= 0.6 is 46.4 Å². The first-order chi connectivity index (χ1) is 46.1. The van der Waals surface area contributed by atoms with Gasteiger partial charge in [-0.1, -0.05) is 52.5 Å². The summed E-state index contributed by atoms with van der Waals surface area (Å²) in [6.07, 6.45) is 11.9. The van der Waals surface area contributed by atoms with Gasteiger partial charge in [0.1, 0.15) is 141 Å². The monoisotopic (exact) mass is 1420 g/mol. The summed E-state index contributed by atoms with van der Waals surface area (Å²) in [7, 11) is 0. The molecule has 16 rings (SSSR count). The normalized spacial score (nSPS) is 31.2. The highest BCUT2D eigenvalue weighted by Gasteiger charge is 2.59. The molecule has 0 saturated carbocycles. The quantitative estimate of drug-likeness (QED) is 0.0557. The molecule has 33 heteroatoms. The average Bonchev–Trinajstić information content (AvgIpc) is 1.61. The zero-order chi connectivity index (χ0) is 69.3. The van der Waals surface area contributed by atoms with Crippen LogP contribution in [0.5, 0.6) is 0 Å². The standard InChI is InChI=1S/C16H18ClN3O3.C15H15ClN4O3.C15H16ClN3O4.C14H16ClN3O4.C4H7NO/c1-4-5-10-11-12(23-16(2,3)22-11)15(21-10)20-7-6-9-13(17)18-8-19-14(9)20;1-15(2)22-10-9(3-5-17)21-14(11(10)23-15)20-6-4-8-12(16)18-7-19-13(8)20;1-15(2)22-10-9(4-6-20)21-14(11(10)23-15)19-5-3-8-12(16)17-7-18-13(8)19;1-14(2)21-9-8(5-19)20-13(10(9)22-14)18-4-3-7-11(15)16-6-17-12(7)18;1-4(2,6)3-5/h4,6-8,10-12,15H,1,5H2,2-3H3;4,6-7,9-11,14H,3H2,1-2H3;3,5-7,9-11,14H,4H2,1-2H3;3-4,6,8-10,13,19H,5H2,1-2H3;6H,1-2H3/t10-,11-,12-,15-;2*9-,10-,11-,14-;8-,9-,10-,13-;/m1111./s1. The summed E-state index contributed by atoms with van der Waals surface area (Å²) in [4.78, 5) is 44.1. The summed E-state index contributed by atoms with van der Waals surface area (Å²) >= 11 is 24.4. The largest absolute Gasteiger partial charge is 0.394 e. The molecule has 8 fully saturated rings. The highest BCUT2D eigenvalue weighted by atomic mass is 35.5. The molecule has 0 spiro atoms. The number of halogens is 4. The van der Waals surface area contributed by atoms with Crippen molar-refractivity contribution in [3.05, 3.63) is 108 Å². The topological polar surface area (TPSA) is 339 Å². The lowest BCUT2D eigenvalue weighted by Gasteiger charge is -2.24. The van der Waals surface area contributed by atoms with Crippen LogP contribution in [0.2, 0.25) is 20.6 Å². The minimum absolute atomic E-state index is 0.0981. The third-order valence-corrected chi connectivity index (χ3v) is 18.1. The van der Waals surface area contributed by atoms with Crippen molar-refractivity contribution in [2.24, 2.45) is 0 Å². The van der Waals surface area contributed by atoms with Crippen LogP contribution in [0.3, 0.4) is 0 Å². The molecule has 8 aliphatic rings. The maximum Gasteiger partial charge on any atom is 0.164 e. The second kappa shape index (κ2) is 27.5. The number of ether oxygens (including phenoxy) is 12. The van der Waals surface area contributed by atoms with Crippen molar-refractivity contribution in [3.8, 4) is 12.1 Å². The van der Waals surface area contributed by atoms with E-state index in [9.17, 15) is 9.90 Å². The number of aromatic nitrogens is 12. The molecule has 8 aliphatic heterocycles. The number of aliphatic hydroxyl groups excluding tert-OH is 1. The Balaban J connectivity index is 0.000000120. The number of carbonyl (C=O) groups excluding carboxylic acids is 1. The summed E-state index contributed by atoms with van der Waals surface area (Å²) in [5.41, 5.74) is 1.56. The fourth-order valence-electron chi connectivity index (χ4n) is 13.2. The lowest BCUT2D eigenvalue weighted by Crippen LogP contribution is -2.31. The Morgan fingerprint density at radius 2 is 0.753 bits per heavy atom. The molecule has 0 unspecified atom stereocenters. The summed E-state index contributed by atoms with van der Waals surface area (Å²) in [5, 5.41) is 39.6. The van der Waals surface area contributed by atoms with Crippen molar-refractivity contribution in [1.82, 2.24) is 58.1 Å². The van der Waals surface area contributed by atoms with Crippen molar-refractivity contribution in [2.45, 2.75) is 215 Å². The molecule has 16 heterocycles. The van der Waals surface area contributed by atoms with Crippen molar-refractivity contribution in [1.29, 1.82) is 10.5 Å². The minimum Gasteiger partial charge on any atom is -0.394 e. The van der Waals surface area contributed by atoms with Crippen molar-refractivity contribution >= 4 is 96.8 Å². The molecule has 8 saturated heterocycles. The van der Waals surface area contributed by atoms with Crippen molar-refractivity contribution in [2.75, 3.05) is 6.61 Å². The van der Waals surface area contributed by atoms with Gasteiger partial charge in [0.15, 0.2) is 48.1 Å². The van der Waals surface area contributed by atoms with Gasteiger partial charge in [-0.25, -0.2) is 39.9 Å². The average molecular weight is 1420 g/mol. The third-order valence-electron chi connectivity index (χ3n) is 16.9. The SMILES string of the molecule is C=CC[C@H]1O[C@@H](n2ccc3c(Cl)ncnc32)[C@@H]2OC(C)(C)O[C@@H]21.CC(C)(O)C#N.CC1(C)O[C@@H]2[C@H](O1)[C@@H](CC#N)O[C@H]2n1ccc2c(Cl)ncnc21.CC1(C)O[C@@H]2[C@H](O1)[C@@H](CC=O)O[C@H]2n1ccc2c(Cl)ncnc21.CC1(C)O[C@@H]2[C@H](O1)[C@@H](CO)O[C@H]2n1ccc2c(Cl)ncnc21. The van der Waals surface area contributed by atoms with Crippen LogP contribution in [0.1, 0.15) is 113 Å². The number of nitriles is 2. The molecular weight excluding hydrogens is 1350 g/mol. The Morgan fingerprint density at radius 3 is 1.03 bits per heavy atom. The summed E-state index contributed by atoms with van der Waals surface area (Å²) in [6.45, 7) is 21.5. The first-order valence-corrected chi connectivity index (χ1v) is 32.7. The molecule has 8 aromatic rings. The molecule has 0 aliphatic carbocycles. The second-order valence-corrected chi connectivity index (χ2v) is 27.6. The molecule has 0 bridgehead atoms. The van der Waals surface area contributed by atoms with Gasteiger partial charge in [-0.15, -0.1) is 6.58 Å². The van der Waals surface area contributed by atoms with E-state index in [1.807, 2.05) is 129 Å². The Hall–Kier alpha value is -6.53. The fraction of sp³-hybridized carbons (Fsp3) is 0.547. The molecule has 2 N–H and O–H groups in total. The maximum absolute atomic E-state index is 10.9. The van der Waals surface area contributed by atoms with Gasteiger partial charge in [0.05, 0.1) is 58.9 Å². The van der Waals surface area contributed by atoms with Crippen molar-refractivity contribution < 1.29 is 71.8 Å². The number of hydrogen-bond donors (Lipinski definition) is 2. The second-order valence-electron chi connectivity index (χ2n) is 26.2. The van der Waals surface area contributed by atoms with E-state index >= 15 is 0 Å². The molecule has 8 aromatic heterocycles. The molecule has 16 atom stereocenters. The van der Waals surface area contributed by atoms with Gasteiger partial charge in [-0.2, -0.15) is 10.5 Å². The van der Waals surface area contributed by atoms with Crippen molar-refractivity contribution in [3.63, 3.8) is 0 Å². The van der Waals surface area contributed by atoms with Crippen LogP contribution in [-0.4, -0.2) is 183 Å². The predicted octanol–water partition coefficient (Wildman–Crippen LogP) is 9.36. The van der Waals surface area contributed by atoms with E-state index in [1.165, 1.54) is 39.2 Å². The van der Waals surface area contributed by atoms with E-state index in [4.69, 9.17) is 119 Å². The van der Waals surface area contributed by atoms with E-state index in [2.05, 4.69) is 52.5 Å². The van der Waals surface area contributed by atoms with Crippen LogP contribution in [-0.2, 0) is 61.6 Å². The number of rotatable bonds is 10. The first kappa shape index (κ1) is 70.3. The molecule has 29 nitrogen and oxygen atoms in total. The van der Waals surface area contributed by atoms with Gasteiger partial charge in [-0.05, 0) is 99.9 Å². The number of hydrogen-bond acceptors (Lipinski definition) is 25. The van der Waals surface area contributed by atoms with Gasteiger partial charge in [0, 0.05) is 31.2 Å². The van der Waals surface area contributed by atoms with E-state index in [-0.39, 0.29) is 92.8 Å². The third kappa shape index (κ3) is 14.2. The lowest BCUT2D eigenvalue weighted by atomic mass is 10.1. The van der Waals surface area contributed by atoms with Crippen LogP contribution in [0.25, 0.3) is 44.1 Å². The van der Waals surface area contributed by atoms with Gasteiger partial charge < -0.3 is 90.1 Å². The predicted molar refractivity (Wildman–Crippen MR) is 346 cm³/mol. The lowest BCUT2D eigenvalue weighted by molar-refractivity contribution is -0.199. The molecule has 0 amide bonds. The smallest absolute Gasteiger partial charge is 0.164 e. The molecule has 0 aromatic carbocycles. The Labute approximate surface area is 576 Å². The number of aldehydes is 1. The first-order valence-electron chi connectivity index (χ1n) is 31.1. The molecule has 0 radical (unpaired) electrons. The van der Waals surface area contributed by atoms with Gasteiger partial charge in [0.25, 0.3) is 0 Å². The maximum atomic E-state index is 10.9. The highest BCUT2D eigenvalue weighted by molar-refractivity contribution is 6.35. The van der Waals surface area contributed by atoms with E-state index in [0.717, 1.165) is 33.5 Å². The van der Waals surface area contributed by atoms with Gasteiger partial charge in [0.2, 0.25) is 0 Å². The summed E-state index contributed by atoms with van der Waals surface area (Å²) in [6, 6.07) is 11.2. The molecule has 97 heavy (non-hydrogen) atoms. The summed E-state index contributed by atoms with van der Waals surface area (Å²) in [5.74, 6) is -2.76. The van der Waals surface area contributed by atoms with E-state index < -0.39 is 53.5 Å². The van der Waals surface area contributed by atoms with Gasteiger partial charge in [-0.3, -0.25) is 0 Å². The van der Waals surface area contributed by atoms with E-state index in [1.54, 1.807) is 6.07 Å². The Kier molecular flexibility index (Phi) is 20.0. The zero-order valence-corrected chi connectivity index (χ0v) is 57.4. The molecular formula is C64H72Cl4N14O15. The van der Waals surface area contributed by atoms with E-state index in [0.29, 0.717) is 44.0 Å². The van der Waals surface area contributed by atoms with Crippen LogP contribution in [0.4, 0.5) is 0 Å². The molecule has 516 valence electrons. The number of nitrogens with zero attached hydrogens (tertiary/aromatic N) is 14. The number of carbonyl (C=O) groups is 1.